The van der Waals surface area contributed by atoms with Gasteiger partial charge in [-0.05, 0) is 30.5 Å². The summed E-state index contributed by atoms with van der Waals surface area (Å²) in [6.45, 7) is 0. The van der Waals surface area contributed by atoms with Gasteiger partial charge in [-0.3, -0.25) is 4.79 Å². The molecule has 3 aliphatic rings. The average molecular weight is 257 g/mol. The highest BCUT2D eigenvalue weighted by Crippen LogP contribution is 2.50. The first-order valence-electron chi connectivity index (χ1n) is 6.36. The molecule has 1 amide bonds. The van der Waals surface area contributed by atoms with Crippen LogP contribution in [0.5, 0.6) is 11.5 Å². The first-order valence-corrected chi connectivity index (χ1v) is 6.36. The van der Waals surface area contributed by atoms with Gasteiger partial charge in [-0.1, -0.05) is 6.08 Å². The fourth-order valence-electron chi connectivity index (χ4n) is 2.67. The Bertz CT molecular complexity index is 651. The number of amides is 1. The van der Waals surface area contributed by atoms with Gasteiger partial charge in [0.2, 0.25) is 0 Å². The molecule has 1 aliphatic heterocycles. The quantitative estimate of drug-likeness (QED) is 0.840. The van der Waals surface area contributed by atoms with Crippen molar-refractivity contribution in [1.29, 1.82) is 0 Å². The lowest BCUT2D eigenvalue weighted by molar-refractivity contribution is 0.0967. The maximum Gasteiger partial charge on any atom is 0.259 e. The van der Waals surface area contributed by atoms with Gasteiger partial charge in [0.05, 0.1) is 18.4 Å². The number of carbonyl (C=O) groups excluding carboxylic acids is 1. The van der Waals surface area contributed by atoms with E-state index in [0.29, 0.717) is 28.9 Å². The minimum atomic E-state index is -0.133. The number of nitrogens with one attached hydrogen (secondary N) is 1. The van der Waals surface area contributed by atoms with Crippen molar-refractivity contribution < 1.29 is 15.7 Å². The Hall–Kier alpha value is -2.23. The molecule has 4 nitrogen and oxygen atoms in total. The number of allylic oxidation sites excluding steroid dienone is 3. The van der Waals surface area contributed by atoms with E-state index in [1.807, 2.05) is 6.08 Å². The lowest BCUT2D eigenvalue weighted by atomic mass is 10.1. The largest absolute Gasteiger partial charge is 0.497 e. The van der Waals surface area contributed by atoms with Gasteiger partial charge in [0.15, 0.2) is 0 Å². The Morgan fingerprint density at radius 3 is 3.21 bits per heavy atom. The summed E-state index contributed by atoms with van der Waals surface area (Å²) < 4.78 is 11.2. The molecule has 1 fully saturated rings. The number of carbonyl (C=O) groups is 1. The Labute approximate surface area is 112 Å². The smallest absolute Gasteiger partial charge is 0.259 e. The highest BCUT2D eigenvalue weighted by atomic mass is 16.5. The molecule has 1 aromatic carbocycles. The SMILES string of the molecule is COc1ccc2c(c1)OC1=C(C=CC3CC13)NC2=O.[HH]. The zero-order valence-corrected chi connectivity index (χ0v) is 10.5. The molecule has 4 heteroatoms. The zero-order valence-electron chi connectivity index (χ0n) is 10.5. The predicted molar refractivity (Wildman–Crippen MR) is 71.0 cm³/mol. The highest BCUT2D eigenvalue weighted by Gasteiger charge is 2.44. The average Bonchev–Trinajstić information content (AvgIpc) is 3.20. The van der Waals surface area contributed by atoms with Crippen LogP contribution in [0, 0.1) is 11.8 Å². The molecule has 0 spiro atoms. The van der Waals surface area contributed by atoms with Gasteiger partial charge in [-0.2, -0.15) is 0 Å². The van der Waals surface area contributed by atoms with Crippen LogP contribution in [0.4, 0.5) is 0 Å². The normalized spacial score (nSPS) is 26.5. The van der Waals surface area contributed by atoms with Crippen molar-refractivity contribution in [3.63, 3.8) is 0 Å². The van der Waals surface area contributed by atoms with Gasteiger partial charge in [0.25, 0.3) is 5.91 Å². The second-order valence-corrected chi connectivity index (χ2v) is 5.06. The van der Waals surface area contributed by atoms with Crippen molar-refractivity contribution >= 4 is 5.91 Å². The van der Waals surface area contributed by atoms with Crippen LogP contribution in [-0.2, 0) is 0 Å². The van der Waals surface area contributed by atoms with Gasteiger partial charge in [-0.15, -0.1) is 0 Å². The monoisotopic (exact) mass is 257 g/mol. The van der Waals surface area contributed by atoms with Gasteiger partial charge >= 0.3 is 0 Å². The van der Waals surface area contributed by atoms with Crippen LogP contribution >= 0.6 is 0 Å². The summed E-state index contributed by atoms with van der Waals surface area (Å²) in [5.41, 5.74) is 1.33. The van der Waals surface area contributed by atoms with Crippen molar-refractivity contribution in [2.24, 2.45) is 11.8 Å². The molecule has 1 N–H and O–H groups in total. The number of ether oxygens (including phenoxy) is 2. The van der Waals surface area contributed by atoms with Crippen LogP contribution in [0.1, 0.15) is 18.2 Å². The predicted octanol–water partition coefficient (Wildman–Crippen LogP) is 2.48. The number of methoxy groups -OCH3 is 1. The minimum absolute atomic E-state index is 0. The van der Waals surface area contributed by atoms with E-state index in [0.717, 1.165) is 17.9 Å². The molecule has 0 aromatic heterocycles. The summed E-state index contributed by atoms with van der Waals surface area (Å²) in [6, 6.07) is 5.26. The van der Waals surface area contributed by atoms with E-state index in [9.17, 15) is 4.79 Å². The number of rotatable bonds is 1. The van der Waals surface area contributed by atoms with Crippen LogP contribution in [0.15, 0.2) is 41.8 Å². The van der Waals surface area contributed by atoms with Crippen molar-refractivity contribution in [2.45, 2.75) is 6.42 Å². The summed E-state index contributed by atoms with van der Waals surface area (Å²) in [4.78, 5) is 12.2. The van der Waals surface area contributed by atoms with E-state index in [4.69, 9.17) is 9.47 Å². The number of hydrogen-bond acceptors (Lipinski definition) is 3. The molecule has 4 rings (SSSR count). The van der Waals surface area contributed by atoms with E-state index in [1.165, 1.54) is 0 Å². The van der Waals surface area contributed by atoms with E-state index in [1.54, 1.807) is 25.3 Å². The molecule has 1 heterocycles. The van der Waals surface area contributed by atoms with E-state index < -0.39 is 0 Å². The molecular weight excluding hydrogens is 242 g/mol. The van der Waals surface area contributed by atoms with Crippen LogP contribution < -0.4 is 14.8 Å². The summed E-state index contributed by atoms with van der Waals surface area (Å²) in [5.74, 6) is 3.00. The van der Waals surface area contributed by atoms with Gasteiger partial charge in [0.1, 0.15) is 17.3 Å². The summed E-state index contributed by atoms with van der Waals surface area (Å²) >= 11 is 0. The standard InChI is InChI=1S/C15H13NO3.H2/c1-18-9-3-4-10-13(7-9)19-14-11-6-8(11)2-5-12(14)16-15(10)17;/h2-5,7-8,11H,6H2,1H3,(H,16,17);1H. The lowest BCUT2D eigenvalue weighted by Gasteiger charge is -2.14. The second-order valence-electron chi connectivity index (χ2n) is 5.06. The molecule has 0 radical (unpaired) electrons. The van der Waals surface area contributed by atoms with Gasteiger partial charge in [0, 0.05) is 13.4 Å². The van der Waals surface area contributed by atoms with Gasteiger partial charge < -0.3 is 14.8 Å². The fourth-order valence-corrected chi connectivity index (χ4v) is 2.67. The van der Waals surface area contributed by atoms with Gasteiger partial charge in [-0.25, -0.2) is 0 Å². The summed E-state index contributed by atoms with van der Waals surface area (Å²) in [7, 11) is 1.60. The van der Waals surface area contributed by atoms with E-state index in [2.05, 4.69) is 11.4 Å². The van der Waals surface area contributed by atoms with Crippen molar-refractivity contribution in [1.82, 2.24) is 5.32 Å². The maximum absolute atomic E-state index is 12.2. The Morgan fingerprint density at radius 2 is 2.37 bits per heavy atom. The van der Waals surface area contributed by atoms with Crippen LogP contribution in [-0.4, -0.2) is 13.0 Å². The third kappa shape index (κ3) is 1.56. The molecule has 1 saturated carbocycles. The Kier molecular flexibility index (Phi) is 2.04. The van der Waals surface area contributed by atoms with Crippen molar-refractivity contribution in [3.05, 3.63) is 47.4 Å². The topological polar surface area (TPSA) is 47.6 Å². The first kappa shape index (κ1) is 10.7. The zero-order chi connectivity index (χ0) is 13.0. The molecule has 0 saturated heterocycles. The van der Waals surface area contributed by atoms with E-state index in [-0.39, 0.29) is 7.33 Å². The fraction of sp³-hybridized carbons (Fsp3) is 0.267. The highest BCUT2D eigenvalue weighted by molar-refractivity contribution is 5.99. The Morgan fingerprint density at radius 1 is 1.47 bits per heavy atom. The third-order valence-corrected chi connectivity index (χ3v) is 3.85. The number of benzene rings is 1. The number of fused-ring (bicyclic) bond motifs is 3. The third-order valence-electron chi connectivity index (χ3n) is 3.85. The molecule has 0 bridgehead atoms. The lowest BCUT2D eigenvalue weighted by Crippen LogP contribution is -2.22. The summed E-state index contributed by atoms with van der Waals surface area (Å²) in [6.07, 6.45) is 5.19. The summed E-state index contributed by atoms with van der Waals surface area (Å²) in [5, 5.41) is 2.92. The maximum atomic E-state index is 12.2. The molecule has 1 aromatic rings. The van der Waals surface area contributed by atoms with Crippen LogP contribution in [0.3, 0.4) is 0 Å². The molecule has 98 valence electrons. The molecule has 2 atom stereocenters. The van der Waals surface area contributed by atoms with E-state index >= 15 is 0 Å². The molecule has 19 heavy (non-hydrogen) atoms. The second kappa shape index (κ2) is 3.63. The Balaban J connectivity index is 0.00000121. The van der Waals surface area contributed by atoms with Crippen LogP contribution in [0.25, 0.3) is 0 Å². The van der Waals surface area contributed by atoms with Crippen molar-refractivity contribution in [3.8, 4) is 11.5 Å². The molecule has 2 unspecified atom stereocenters. The molecular formula is C15H15NO3. The minimum Gasteiger partial charge on any atom is -0.497 e. The van der Waals surface area contributed by atoms with Crippen LogP contribution in [0.2, 0.25) is 0 Å². The number of hydrogen-bond donors (Lipinski definition) is 1. The first-order chi connectivity index (χ1) is 9.26. The molecule has 2 aliphatic carbocycles. The van der Waals surface area contributed by atoms with Crippen molar-refractivity contribution in [2.75, 3.05) is 7.11 Å².